The van der Waals surface area contributed by atoms with E-state index in [0.717, 1.165) is 0 Å². The third-order valence-electron chi connectivity index (χ3n) is 3.62. The molecule has 0 N–H and O–H groups in total. The second-order valence-corrected chi connectivity index (χ2v) is 7.16. The fourth-order valence-electron chi connectivity index (χ4n) is 2.43. The van der Waals surface area contributed by atoms with Crippen LogP contribution in [0.1, 0.15) is 20.3 Å². The van der Waals surface area contributed by atoms with Crippen molar-refractivity contribution in [2.75, 3.05) is 24.0 Å². The minimum absolute atomic E-state index is 0.00777. The average molecular weight is 445 g/mol. The molecule has 8 heteroatoms. The molecule has 0 saturated carbocycles. The summed E-state index contributed by atoms with van der Waals surface area (Å²) < 4.78 is 10.9. The maximum atomic E-state index is 12.3. The van der Waals surface area contributed by atoms with Gasteiger partial charge in [0.15, 0.2) is 11.5 Å². The van der Waals surface area contributed by atoms with Gasteiger partial charge in [-0.2, -0.15) is 0 Å². The van der Waals surface area contributed by atoms with E-state index >= 15 is 0 Å². The molecule has 1 amide bonds. The van der Waals surface area contributed by atoms with Crippen molar-refractivity contribution >= 4 is 57.9 Å². The molecule has 0 aliphatic carbocycles. The second-order valence-electron chi connectivity index (χ2n) is 5.97. The summed E-state index contributed by atoms with van der Waals surface area (Å²) in [4.78, 5) is 24.8. The van der Waals surface area contributed by atoms with Crippen LogP contribution in [0.4, 0.5) is 11.4 Å². The molecular weight excluding hydrogens is 425 g/mol. The number of carbonyl (C=O) groups is 2. The Morgan fingerprint density at radius 2 is 1.57 bits per heavy atom. The molecule has 0 bridgehead atoms. The van der Waals surface area contributed by atoms with Crippen molar-refractivity contribution in [1.82, 2.24) is 0 Å². The van der Waals surface area contributed by atoms with Gasteiger partial charge >= 0.3 is 0 Å². The zero-order valence-corrected chi connectivity index (χ0v) is 17.8. The summed E-state index contributed by atoms with van der Waals surface area (Å²) in [5, 5.41) is 0.592. The summed E-state index contributed by atoms with van der Waals surface area (Å²) in [7, 11) is 0. The van der Waals surface area contributed by atoms with Crippen LogP contribution in [0, 0.1) is 0 Å². The first-order chi connectivity index (χ1) is 13.3. The molecule has 28 heavy (non-hydrogen) atoms. The van der Waals surface area contributed by atoms with Crippen LogP contribution in [0.5, 0.6) is 11.5 Å². The molecule has 0 atom stereocenters. The zero-order chi connectivity index (χ0) is 20.7. The van der Waals surface area contributed by atoms with Crippen LogP contribution in [0.25, 0.3) is 0 Å². The van der Waals surface area contributed by atoms with E-state index in [1.165, 1.54) is 18.7 Å². The zero-order valence-electron chi connectivity index (χ0n) is 15.5. The third-order valence-corrected chi connectivity index (χ3v) is 4.45. The van der Waals surface area contributed by atoms with Crippen LogP contribution < -0.4 is 14.4 Å². The average Bonchev–Trinajstić information content (AvgIpc) is 2.63. The number of rotatable bonds is 9. The number of Topliss-reactive ketones (excluding diaryl/α,β-unsaturated/α-hetero) is 1. The van der Waals surface area contributed by atoms with Gasteiger partial charge in [0, 0.05) is 18.5 Å². The van der Waals surface area contributed by atoms with Crippen molar-refractivity contribution in [2.45, 2.75) is 20.3 Å². The number of carbonyl (C=O) groups excluding carboxylic acids is 2. The highest BCUT2D eigenvalue weighted by atomic mass is 35.5. The number of nitrogens with zero attached hydrogens (tertiary/aromatic N) is 1. The van der Waals surface area contributed by atoms with E-state index in [4.69, 9.17) is 44.3 Å². The Bertz CT molecular complexity index is 817. The molecule has 0 aromatic heterocycles. The molecule has 0 spiro atoms. The highest BCUT2D eigenvalue weighted by Crippen LogP contribution is 2.39. The largest absolute Gasteiger partial charge is 0.490 e. The molecule has 0 unspecified atom stereocenters. The molecule has 0 heterocycles. The second kappa shape index (κ2) is 10.6. The molecule has 5 nitrogen and oxygen atoms in total. The van der Waals surface area contributed by atoms with E-state index in [2.05, 4.69) is 0 Å². The molecule has 0 aliphatic heterocycles. The van der Waals surface area contributed by atoms with Crippen LogP contribution in [-0.4, -0.2) is 30.8 Å². The van der Waals surface area contributed by atoms with Crippen LogP contribution in [0.15, 0.2) is 36.4 Å². The van der Waals surface area contributed by atoms with Gasteiger partial charge in [0.05, 0.1) is 22.3 Å². The molecule has 2 aromatic carbocycles. The first-order valence-electron chi connectivity index (χ1n) is 8.54. The molecular formula is C20H20Cl3NO4. The minimum Gasteiger partial charge on any atom is -0.490 e. The van der Waals surface area contributed by atoms with Gasteiger partial charge in [-0.15, -0.1) is 11.6 Å². The Morgan fingerprint density at radius 1 is 0.964 bits per heavy atom. The Kier molecular flexibility index (Phi) is 8.42. The molecule has 150 valence electrons. The maximum absolute atomic E-state index is 12.3. The number of anilines is 2. The normalized spacial score (nSPS) is 10.5. The van der Waals surface area contributed by atoms with Crippen LogP contribution in [0.3, 0.4) is 0 Å². The fraction of sp³-hybridized carbons (Fsp3) is 0.300. The van der Waals surface area contributed by atoms with Crippen molar-refractivity contribution < 1.29 is 19.1 Å². The lowest BCUT2D eigenvalue weighted by molar-refractivity contribution is -0.119. The number of ketones is 1. The topological polar surface area (TPSA) is 55.8 Å². The van der Waals surface area contributed by atoms with E-state index in [9.17, 15) is 9.59 Å². The van der Waals surface area contributed by atoms with Crippen molar-refractivity contribution in [3.8, 4) is 11.5 Å². The molecule has 2 aromatic rings. The lowest BCUT2D eigenvalue weighted by Crippen LogP contribution is -2.22. The van der Waals surface area contributed by atoms with Crippen molar-refractivity contribution in [2.24, 2.45) is 0 Å². The first-order valence-corrected chi connectivity index (χ1v) is 9.83. The Morgan fingerprint density at radius 3 is 2.07 bits per heavy atom. The van der Waals surface area contributed by atoms with Crippen LogP contribution in [-0.2, 0) is 9.59 Å². The predicted molar refractivity (Wildman–Crippen MR) is 113 cm³/mol. The van der Waals surface area contributed by atoms with Gasteiger partial charge in [0.1, 0.15) is 12.4 Å². The number of benzene rings is 2. The molecule has 0 fully saturated rings. The van der Waals surface area contributed by atoms with Crippen LogP contribution in [0.2, 0.25) is 10.0 Å². The van der Waals surface area contributed by atoms with Gasteiger partial charge in [-0.05, 0) is 49.7 Å². The van der Waals surface area contributed by atoms with Crippen molar-refractivity contribution in [3.63, 3.8) is 0 Å². The Labute approximate surface area is 179 Å². The number of ether oxygens (including phenoxy) is 2. The highest BCUT2D eigenvalue weighted by Gasteiger charge is 2.18. The quantitative estimate of drug-likeness (QED) is 0.370. The van der Waals surface area contributed by atoms with Gasteiger partial charge in [-0.25, -0.2) is 0 Å². The lowest BCUT2D eigenvalue weighted by atomic mass is 10.2. The minimum atomic E-state index is -0.222. The predicted octanol–water partition coefficient (Wildman–Crippen LogP) is 5.65. The summed E-state index contributed by atoms with van der Waals surface area (Å²) in [6.45, 7) is 3.27. The van der Waals surface area contributed by atoms with Crippen LogP contribution >= 0.6 is 34.8 Å². The molecule has 0 radical (unpaired) electrons. The van der Waals surface area contributed by atoms with E-state index < -0.39 is 0 Å². The Hall–Kier alpha value is -1.95. The third kappa shape index (κ3) is 6.03. The Balaban J connectivity index is 2.28. The van der Waals surface area contributed by atoms with E-state index in [1.54, 1.807) is 36.4 Å². The van der Waals surface area contributed by atoms with Gasteiger partial charge in [0.2, 0.25) is 5.91 Å². The summed E-state index contributed by atoms with van der Waals surface area (Å²) >= 11 is 18.3. The standard InChI is InChI=1S/C20H20Cl3NO4/c1-13(25)12-28-17-6-4-15(5-7-17)24(14(2)26)16-10-18(22)20(19(23)11-16)27-9-3-8-21/h4-7,10-11H,3,8-9,12H2,1-2H3. The summed E-state index contributed by atoms with van der Waals surface area (Å²) in [5.41, 5.74) is 1.11. The summed E-state index contributed by atoms with van der Waals surface area (Å²) in [6.07, 6.45) is 0.660. The van der Waals surface area contributed by atoms with Gasteiger partial charge in [-0.1, -0.05) is 23.2 Å². The number of alkyl halides is 1. The smallest absolute Gasteiger partial charge is 0.228 e. The highest BCUT2D eigenvalue weighted by molar-refractivity contribution is 6.37. The molecule has 0 aliphatic rings. The summed E-state index contributed by atoms with van der Waals surface area (Å²) in [5.74, 6) is 1.06. The van der Waals surface area contributed by atoms with E-state index in [1.807, 2.05) is 0 Å². The SMILES string of the molecule is CC(=O)COc1ccc(N(C(C)=O)c2cc(Cl)c(OCCCCl)c(Cl)c2)cc1. The molecule has 0 saturated heterocycles. The lowest BCUT2D eigenvalue weighted by Gasteiger charge is -2.23. The number of hydrogen-bond donors (Lipinski definition) is 0. The van der Waals surface area contributed by atoms with Gasteiger partial charge in [0.25, 0.3) is 0 Å². The van der Waals surface area contributed by atoms with Crippen molar-refractivity contribution in [1.29, 1.82) is 0 Å². The fourth-order valence-corrected chi connectivity index (χ4v) is 3.13. The number of amides is 1. The van der Waals surface area contributed by atoms with E-state index in [0.29, 0.717) is 51.8 Å². The number of hydrogen-bond acceptors (Lipinski definition) is 4. The number of halogens is 3. The monoisotopic (exact) mass is 443 g/mol. The van der Waals surface area contributed by atoms with Gasteiger partial charge in [-0.3, -0.25) is 14.5 Å². The summed E-state index contributed by atoms with van der Waals surface area (Å²) in [6, 6.07) is 10.0. The van der Waals surface area contributed by atoms with Gasteiger partial charge < -0.3 is 9.47 Å². The van der Waals surface area contributed by atoms with Crippen molar-refractivity contribution in [3.05, 3.63) is 46.4 Å². The first kappa shape index (κ1) is 22.3. The maximum Gasteiger partial charge on any atom is 0.228 e. The molecule has 2 rings (SSSR count). The van der Waals surface area contributed by atoms with E-state index in [-0.39, 0.29) is 18.3 Å².